The second-order valence-electron chi connectivity index (χ2n) is 9.66. The van der Waals surface area contributed by atoms with Crippen molar-refractivity contribution in [3.05, 3.63) is 113 Å². The lowest BCUT2D eigenvalue weighted by atomic mass is 10.0. The minimum Gasteiger partial charge on any atom is -0.475 e. The third-order valence-electron chi connectivity index (χ3n) is 6.23. The molecule has 0 saturated heterocycles. The summed E-state index contributed by atoms with van der Waals surface area (Å²) in [5.41, 5.74) is -0.893. The Morgan fingerprint density at radius 3 is 1.77 bits per heavy atom. The molecule has 17 heteroatoms. The van der Waals surface area contributed by atoms with Crippen LogP contribution in [0.5, 0.6) is 0 Å². The zero-order valence-corrected chi connectivity index (χ0v) is 23.9. The van der Waals surface area contributed by atoms with Crippen LogP contribution in [0.2, 0.25) is 0 Å². The number of alkyl halides is 9. The molecule has 1 atom stereocenters. The van der Waals surface area contributed by atoms with Gasteiger partial charge in [-0.2, -0.15) is 39.5 Å². The number of hydrogen-bond acceptors (Lipinski definition) is 7. The Bertz CT molecular complexity index is 1530. The van der Waals surface area contributed by atoms with E-state index in [1.165, 1.54) is 6.07 Å². The van der Waals surface area contributed by atoms with Crippen molar-refractivity contribution in [3.8, 4) is 11.3 Å². The summed E-state index contributed by atoms with van der Waals surface area (Å²) in [5.74, 6) is -2.76. The molecule has 4 aromatic rings. The van der Waals surface area contributed by atoms with Gasteiger partial charge in [-0.25, -0.2) is 9.78 Å². The van der Waals surface area contributed by atoms with Gasteiger partial charge in [0.05, 0.1) is 34.8 Å². The number of nitrogens with one attached hydrogen (secondary N) is 2. The first kappa shape index (κ1) is 36.9. The molecule has 8 nitrogen and oxygen atoms in total. The number of pyridine rings is 3. The zero-order chi connectivity index (χ0) is 34.8. The van der Waals surface area contributed by atoms with Gasteiger partial charge in [0, 0.05) is 37.6 Å². The number of halogens is 9. The van der Waals surface area contributed by atoms with Crippen molar-refractivity contribution in [1.82, 2.24) is 25.6 Å². The van der Waals surface area contributed by atoms with E-state index >= 15 is 0 Å². The molecule has 0 saturated carbocycles. The Morgan fingerprint density at radius 1 is 0.766 bits per heavy atom. The van der Waals surface area contributed by atoms with E-state index in [9.17, 15) is 44.6 Å². The highest BCUT2D eigenvalue weighted by atomic mass is 19.4. The van der Waals surface area contributed by atoms with Gasteiger partial charge in [0.15, 0.2) is 0 Å². The summed E-state index contributed by atoms with van der Waals surface area (Å²) in [5, 5.41) is 24.1. The van der Waals surface area contributed by atoms with E-state index in [-0.39, 0.29) is 29.4 Å². The molecule has 0 bridgehead atoms. The number of aliphatic hydroxyl groups is 1. The standard InChI is InChI=1S/C28H25F6N5O.C2HF3O2/c29-27(30,31)20-9-7-18(8-10-20)23-15-19(16-25(39-23)28(32,33)34)24(40)17-35-13-14-38-26(21-5-1-3-11-36-21)22-6-2-4-12-37-22;3-2(4,5)1(6)7/h1-12,15-16,24,26,35,38,40H,13-14,17H2;(H,6,7)/t24-;/m1./s1. The molecule has 47 heavy (non-hydrogen) atoms. The number of carbonyl (C=O) groups is 1. The van der Waals surface area contributed by atoms with Gasteiger partial charge < -0.3 is 20.8 Å². The van der Waals surface area contributed by atoms with E-state index in [2.05, 4.69) is 25.6 Å². The van der Waals surface area contributed by atoms with Crippen molar-refractivity contribution in [2.45, 2.75) is 30.7 Å². The largest absolute Gasteiger partial charge is 0.490 e. The fourth-order valence-electron chi connectivity index (χ4n) is 3.98. The van der Waals surface area contributed by atoms with Gasteiger partial charge >= 0.3 is 24.5 Å². The number of carboxylic acids is 1. The Labute approximate surface area is 261 Å². The number of benzene rings is 1. The lowest BCUT2D eigenvalue weighted by molar-refractivity contribution is -0.192. The molecule has 0 aliphatic rings. The predicted molar refractivity (Wildman–Crippen MR) is 150 cm³/mol. The molecule has 0 fully saturated rings. The highest BCUT2D eigenvalue weighted by Crippen LogP contribution is 2.34. The first-order valence-corrected chi connectivity index (χ1v) is 13.5. The second kappa shape index (κ2) is 15.8. The van der Waals surface area contributed by atoms with Crippen molar-refractivity contribution >= 4 is 5.97 Å². The van der Waals surface area contributed by atoms with Crippen LogP contribution in [0, 0.1) is 0 Å². The Hall–Kier alpha value is -4.61. The van der Waals surface area contributed by atoms with Crippen LogP contribution >= 0.6 is 0 Å². The van der Waals surface area contributed by atoms with Crippen molar-refractivity contribution in [2.24, 2.45) is 0 Å². The number of aliphatic carboxylic acids is 1. The Balaban J connectivity index is 0.000000771. The fraction of sp³-hybridized carbons (Fsp3) is 0.267. The van der Waals surface area contributed by atoms with E-state index in [4.69, 9.17) is 9.90 Å². The quantitative estimate of drug-likeness (QED) is 0.116. The van der Waals surface area contributed by atoms with Crippen molar-refractivity contribution in [2.75, 3.05) is 19.6 Å². The normalized spacial score (nSPS) is 12.7. The number of hydrogen-bond donors (Lipinski definition) is 4. The smallest absolute Gasteiger partial charge is 0.475 e. The zero-order valence-electron chi connectivity index (χ0n) is 23.9. The van der Waals surface area contributed by atoms with Crippen LogP contribution in [0.3, 0.4) is 0 Å². The minimum absolute atomic E-state index is 0.0554. The van der Waals surface area contributed by atoms with Crippen LogP contribution in [0.1, 0.15) is 40.4 Å². The number of carboxylic acid groups (broad SMARTS) is 1. The number of aliphatic hydroxyl groups excluding tert-OH is 1. The number of rotatable bonds is 10. The van der Waals surface area contributed by atoms with E-state index in [1.54, 1.807) is 24.5 Å². The first-order valence-electron chi connectivity index (χ1n) is 13.5. The van der Waals surface area contributed by atoms with Crippen LogP contribution in [-0.2, 0) is 17.1 Å². The van der Waals surface area contributed by atoms with E-state index in [0.29, 0.717) is 13.1 Å². The van der Waals surface area contributed by atoms with Gasteiger partial charge in [0.1, 0.15) is 5.69 Å². The average Bonchev–Trinajstić information content (AvgIpc) is 3.02. The lowest BCUT2D eigenvalue weighted by Crippen LogP contribution is -2.33. The van der Waals surface area contributed by atoms with Crippen LogP contribution in [0.25, 0.3) is 11.3 Å². The number of nitrogens with zero attached hydrogens (tertiary/aromatic N) is 3. The van der Waals surface area contributed by atoms with E-state index < -0.39 is 41.9 Å². The highest BCUT2D eigenvalue weighted by molar-refractivity contribution is 5.73. The molecule has 1 aromatic carbocycles. The molecule has 0 aliphatic heterocycles. The maximum absolute atomic E-state index is 13.5. The maximum Gasteiger partial charge on any atom is 0.490 e. The van der Waals surface area contributed by atoms with E-state index in [1.807, 2.05) is 24.3 Å². The summed E-state index contributed by atoms with van der Waals surface area (Å²) < 4.78 is 111. The van der Waals surface area contributed by atoms with Gasteiger partial charge in [-0.05, 0) is 54.1 Å². The maximum atomic E-state index is 13.5. The first-order chi connectivity index (χ1) is 22.0. The van der Waals surface area contributed by atoms with Gasteiger partial charge in [0.25, 0.3) is 0 Å². The summed E-state index contributed by atoms with van der Waals surface area (Å²) >= 11 is 0. The molecule has 0 unspecified atom stereocenters. The predicted octanol–water partition coefficient (Wildman–Crippen LogP) is 6.21. The van der Waals surface area contributed by atoms with Crippen molar-refractivity contribution < 1.29 is 54.5 Å². The molecule has 0 spiro atoms. The van der Waals surface area contributed by atoms with Gasteiger partial charge in [-0.3, -0.25) is 9.97 Å². The summed E-state index contributed by atoms with van der Waals surface area (Å²) in [7, 11) is 0. The number of aromatic nitrogens is 3. The molecule has 4 N–H and O–H groups in total. The second-order valence-corrected chi connectivity index (χ2v) is 9.66. The Kier molecular flexibility index (Phi) is 12.4. The summed E-state index contributed by atoms with van der Waals surface area (Å²) in [6.07, 6.45) is -12.5. The average molecular weight is 676 g/mol. The molecule has 0 aliphatic carbocycles. The molecule has 0 radical (unpaired) electrons. The van der Waals surface area contributed by atoms with Crippen LogP contribution in [0.15, 0.2) is 85.2 Å². The van der Waals surface area contributed by atoms with Crippen molar-refractivity contribution in [3.63, 3.8) is 0 Å². The monoisotopic (exact) mass is 675 g/mol. The van der Waals surface area contributed by atoms with Crippen molar-refractivity contribution in [1.29, 1.82) is 0 Å². The van der Waals surface area contributed by atoms with Crippen LogP contribution < -0.4 is 10.6 Å². The topological polar surface area (TPSA) is 120 Å². The van der Waals surface area contributed by atoms with Crippen LogP contribution in [0.4, 0.5) is 39.5 Å². The van der Waals surface area contributed by atoms with Crippen LogP contribution in [-0.4, -0.2) is 56.9 Å². The molecule has 3 heterocycles. The molecule has 4 rings (SSSR count). The molecule has 252 valence electrons. The molecular weight excluding hydrogens is 649 g/mol. The van der Waals surface area contributed by atoms with Gasteiger partial charge in [-0.15, -0.1) is 0 Å². The fourth-order valence-corrected chi connectivity index (χ4v) is 3.98. The lowest BCUT2D eigenvalue weighted by Gasteiger charge is -2.19. The summed E-state index contributed by atoms with van der Waals surface area (Å²) in [6.45, 7) is 0.703. The summed E-state index contributed by atoms with van der Waals surface area (Å²) in [6, 6.07) is 16.3. The Morgan fingerprint density at radius 2 is 1.32 bits per heavy atom. The van der Waals surface area contributed by atoms with Gasteiger partial charge in [-0.1, -0.05) is 24.3 Å². The van der Waals surface area contributed by atoms with Gasteiger partial charge in [0.2, 0.25) is 0 Å². The molecular formula is C30H26F9N5O3. The third kappa shape index (κ3) is 11.3. The van der Waals surface area contributed by atoms with E-state index in [0.717, 1.165) is 41.7 Å². The molecule has 0 amide bonds. The third-order valence-corrected chi connectivity index (χ3v) is 6.23. The molecule has 3 aromatic heterocycles. The highest BCUT2D eigenvalue weighted by Gasteiger charge is 2.38. The summed E-state index contributed by atoms with van der Waals surface area (Å²) in [4.78, 5) is 21.2. The SMILES string of the molecule is O=C(O)C(F)(F)F.O[C@H](CNCCNC(c1ccccn1)c1ccccn1)c1cc(-c2ccc(C(F)(F)F)cc2)nc(C(F)(F)F)c1. The minimum atomic E-state index is -5.08.